The largest absolute Gasteiger partial charge is 0.446 e. The van der Waals surface area contributed by atoms with Crippen LogP contribution in [0.2, 0.25) is 0 Å². The summed E-state index contributed by atoms with van der Waals surface area (Å²) in [4.78, 5) is 50.3. The minimum Gasteiger partial charge on any atom is -0.446 e. The van der Waals surface area contributed by atoms with Gasteiger partial charge in [-0.15, -0.1) is 0 Å². The van der Waals surface area contributed by atoms with E-state index in [-0.39, 0.29) is 42.8 Å². The first-order valence-electron chi connectivity index (χ1n) is 16.2. The van der Waals surface area contributed by atoms with E-state index in [1.807, 2.05) is 6.92 Å². The van der Waals surface area contributed by atoms with Gasteiger partial charge in [-0.2, -0.15) is 0 Å². The Labute approximate surface area is 275 Å². The molecule has 47 heavy (non-hydrogen) atoms. The number of nitrogens with one attached hydrogen (secondary N) is 3. The SMILES string of the molecule is Cc1cc([N+](=O)[O-])ccc1NCCc1cn(C(=O)OCCOCCOCCOCCCC(=O)CCCCCC2NC(=O)NC2C)cn1. The predicted octanol–water partition coefficient (Wildman–Crippen LogP) is 4.16. The van der Waals surface area contributed by atoms with E-state index in [0.29, 0.717) is 71.0 Å². The van der Waals surface area contributed by atoms with Gasteiger partial charge in [-0.25, -0.2) is 19.1 Å². The summed E-state index contributed by atoms with van der Waals surface area (Å²) in [6, 6.07) is 4.88. The van der Waals surface area contributed by atoms with E-state index >= 15 is 0 Å². The van der Waals surface area contributed by atoms with Crippen molar-refractivity contribution in [1.29, 1.82) is 0 Å². The Bertz CT molecular complexity index is 1290. The first-order valence-corrected chi connectivity index (χ1v) is 16.2. The summed E-state index contributed by atoms with van der Waals surface area (Å²) in [6.45, 7) is 6.78. The number of nitro groups is 1. The zero-order valence-corrected chi connectivity index (χ0v) is 27.4. The molecule has 15 nitrogen and oxygen atoms in total. The molecule has 1 aromatic carbocycles. The molecule has 2 aromatic rings. The standard InChI is InChI=1S/C32H48N6O9/c1-24-21-27(38(42)43)10-11-29(24)33-13-12-26-22-37(23-34-26)32(41)47-20-19-46-18-17-45-16-15-44-14-6-8-28(39)7-4-3-5-9-30-25(2)35-31(40)36-30/h10-11,21-23,25,30,33H,3-9,12-20H2,1-2H3,(H2,35,36,40). The lowest BCUT2D eigenvalue weighted by Crippen LogP contribution is -2.30. The first-order chi connectivity index (χ1) is 22.7. The highest BCUT2D eigenvalue weighted by Gasteiger charge is 2.26. The molecule has 0 bridgehead atoms. The summed E-state index contributed by atoms with van der Waals surface area (Å²) in [5.41, 5.74) is 2.31. The van der Waals surface area contributed by atoms with Crippen LogP contribution in [0, 0.1) is 17.0 Å². The molecule has 0 aliphatic carbocycles. The molecule has 1 aliphatic rings. The molecule has 1 aliphatic heterocycles. The van der Waals surface area contributed by atoms with Crippen LogP contribution in [0.5, 0.6) is 0 Å². The molecule has 260 valence electrons. The van der Waals surface area contributed by atoms with E-state index in [1.54, 1.807) is 19.2 Å². The van der Waals surface area contributed by atoms with Crippen molar-refractivity contribution in [1.82, 2.24) is 20.2 Å². The van der Waals surface area contributed by atoms with Crippen molar-refractivity contribution in [3.8, 4) is 0 Å². The number of anilines is 1. The molecule has 1 fully saturated rings. The number of ketones is 1. The molecule has 15 heteroatoms. The van der Waals surface area contributed by atoms with E-state index in [9.17, 15) is 24.5 Å². The highest BCUT2D eigenvalue weighted by Crippen LogP contribution is 2.21. The predicted molar refractivity (Wildman–Crippen MR) is 174 cm³/mol. The Kier molecular flexibility index (Phi) is 16.6. The third kappa shape index (κ3) is 14.5. The Morgan fingerprint density at radius 3 is 2.36 bits per heavy atom. The molecule has 0 spiro atoms. The minimum atomic E-state index is -0.554. The summed E-state index contributed by atoms with van der Waals surface area (Å²) >= 11 is 0. The molecule has 0 saturated carbocycles. The van der Waals surface area contributed by atoms with E-state index in [2.05, 4.69) is 20.9 Å². The van der Waals surface area contributed by atoms with Gasteiger partial charge in [-0.1, -0.05) is 12.8 Å². The Balaban J connectivity index is 1.08. The van der Waals surface area contributed by atoms with E-state index in [1.165, 1.54) is 23.0 Å². The van der Waals surface area contributed by atoms with Gasteiger partial charge in [0.05, 0.1) is 49.7 Å². The summed E-state index contributed by atoms with van der Waals surface area (Å²) in [5.74, 6) is 0.257. The molecule has 2 unspecified atom stereocenters. The van der Waals surface area contributed by atoms with Crippen LogP contribution in [0.15, 0.2) is 30.7 Å². The summed E-state index contributed by atoms with van der Waals surface area (Å²) in [5, 5.41) is 19.9. The zero-order valence-electron chi connectivity index (χ0n) is 27.4. The summed E-state index contributed by atoms with van der Waals surface area (Å²) in [7, 11) is 0. The summed E-state index contributed by atoms with van der Waals surface area (Å²) < 4.78 is 22.9. The number of benzene rings is 1. The number of hydrogen-bond donors (Lipinski definition) is 3. The van der Waals surface area contributed by atoms with E-state index < -0.39 is 11.0 Å². The maximum Gasteiger partial charge on any atom is 0.419 e. The molecular weight excluding hydrogens is 612 g/mol. The van der Waals surface area contributed by atoms with Crippen LogP contribution >= 0.6 is 0 Å². The van der Waals surface area contributed by atoms with Gasteiger partial charge in [0.2, 0.25) is 0 Å². The van der Waals surface area contributed by atoms with Crippen LogP contribution in [0.3, 0.4) is 0 Å². The number of nitrogens with zero attached hydrogens (tertiary/aromatic N) is 3. The molecule has 2 atom stereocenters. The number of carbonyl (C=O) groups is 3. The average Bonchev–Trinajstić information content (AvgIpc) is 3.65. The molecule has 1 saturated heterocycles. The van der Waals surface area contributed by atoms with Gasteiger partial charge < -0.3 is 34.9 Å². The number of Topliss-reactive ketones (excluding diaryl/α,β-unsaturated/α-hetero) is 1. The fraction of sp³-hybridized carbons (Fsp3) is 0.625. The summed E-state index contributed by atoms with van der Waals surface area (Å²) in [6.07, 6.45) is 8.57. The van der Waals surface area contributed by atoms with Crippen LogP contribution in [-0.2, 0) is 30.2 Å². The number of nitro benzene ring substituents is 1. The number of rotatable bonds is 24. The lowest BCUT2D eigenvalue weighted by atomic mass is 10.0. The van der Waals surface area contributed by atoms with Gasteiger partial charge in [0.25, 0.3) is 5.69 Å². The maximum atomic E-state index is 12.2. The third-order valence-corrected chi connectivity index (χ3v) is 7.66. The van der Waals surface area contributed by atoms with Gasteiger partial charge in [0, 0.05) is 62.5 Å². The number of hydrogen-bond acceptors (Lipinski definition) is 11. The van der Waals surface area contributed by atoms with E-state index in [4.69, 9.17) is 18.9 Å². The monoisotopic (exact) mass is 660 g/mol. The lowest BCUT2D eigenvalue weighted by molar-refractivity contribution is -0.384. The normalized spacial score (nSPS) is 15.7. The number of ether oxygens (including phenoxy) is 4. The quantitative estimate of drug-likeness (QED) is 0.0834. The fourth-order valence-corrected chi connectivity index (χ4v) is 5.01. The lowest BCUT2D eigenvalue weighted by Gasteiger charge is -2.13. The average molecular weight is 661 g/mol. The molecule has 3 rings (SSSR count). The van der Waals surface area contributed by atoms with Crippen molar-refractivity contribution in [2.24, 2.45) is 0 Å². The van der Waals surface area contributed by atoms with Crippen LogP contribution < -0.4 is 16.0 Å². The van der Waals surface area contributed by atoms with Crippen molar-refractivity contribution in [3.63, 3.8) is 0 Å². The number of carbonyl (C=O) groups excluding carboxylic acids is 3. The number of amides is 2. The Hall–Kier alpha value is -4.08. The highest BCUT2D eigenvalue weighted by atomic mass is 16.6. The highest BCUT2D eigenvalue weighted by molar-refractivity contribution is 5.78. The van der Waals surface area contributed by atoms with Gasteiger partial charge in [0.15, 0.2) is 0 Å². The number of urea groups is 1. The Morgan fingerprint density at radius 2 is 1.68 bits per heavy atom. The second-order valence-corrected chi connectivity index (χ2v) is 11.4. The number of aryl methyl sites for hydroxylation is 1. The number of unbranched alkanes of at least 4 members (excludes halogenated alkanes) is 2. The van der Waals surface area contributed by atoms with Crippen molar-refractivity contribution in [3.05, 3.63) is 52.1 Å². The maximum absolute atomic E-state index is 12.2. The van der Waals surface area contributed by atoms with Crippen molar-refractivity contribution >= 4 is 29.3 Å². The second kappa shape index (κ2) is 20.9. The second-order valence-electron chi connectivity index (χ2n) is 11.4. The smallest absolute Gasteiger partial charge is 0.419 e. The van der Waals surface area contributed by atoms with Gasteiger partial charge in [-0.05, 0) is 44.7 Å². The number of non-ortho nitro benzene ring substituents is 1. The number of aromatic nitrogens is 2. The van der Waals surface area contributed by atoms with Crippen molar-refractivity contribution < 1.29 is 38.3 Å². The first kappa shape index (κ1) is 37.4. The van der Waals surface area contributed by atoms with Gasteiger partial charge >= 0.3 is 12.1 Å². The molecule has 0 radical (unpaired) electrons. The van der Waals surface area contributed by atoms with Gasteiger partial charge in [-0.3, -0.25) is 14.9 Å². The molecule has 2 heterocycles. The number of imidazole rings is 1. The van der Waals surface area contributed by atoms with Crippen molar-refractivity contribution in [2.75, 3.05) is 58.1 Å². The molecule has 3 N–H and O–H groups in total. The van der Waals surface area contributed by atoms with Crippen molar-refractivity contribution in [2.45, 2.75) is 77.3 Å². The van der Waals surface area contributed by atoms with Crippen LogP contribution in [0.4, 0.5) is 21.0 Å². The van der Waals surface area contributed by atoms with E-state index in [0.717, 1.165) is 36.9 Å². The fourth-order valence-electron chi connectivity index (χ4n) is 5.01. The molecular formula is C32H48N6O9. The molecule has 1 aromatic heterocycles. The topological polar surface area (TPSA) is 185 Å². The Morgan fingerprint density at radius 1 is 0.979 bits per heavy atom. The third-order valence-electron chi connectivity index (χ3n) is 7.66. The zero-order chi connectivity index (χ0) is 33.9. The van der Waals surface area contributed by atoms with Crippen LogP contribution in [0.1, 0.15) is 63.1 Å². The van der Waals surface area contributed by atoms with Gasteiger partial charge in [0.1, 0.15) is 18.7 Å². The minimum absolute atomic E-state index is 0.0456. The molecule has 2 amide bonds. The van der Waals surface area contributed by atoms with Crippen LogP contribution in [-0.4, -0.2) is 97.3 Å². The van der Waals surface area contributed by atoms with Crippen LogP contribution in [0.25, 0.3) is 0 Å².